The maximum Gasteiger partial charge on any atom is 0.435 e. The summed E-state index contributed by atoms with van der Waals surface area (Å²) in [6, 6.07) is 0.225. The lowest BCUT2D eigenvalue weighted by Crippen LogP contribution is -2.32. The first kappa shape index (κ1) is 18.9. The molecule has 1 unspecified atom stereocenters. The van der Waals surface area contributed by atoms with Gasteiger partial charge < -0.3 is 5.32 Å². The summed E-state index contributed by atoms with van der Waals surface area (Å²) >= 11 is 3.38. The second kappa shape index (κ2) is 7.05. The van der Waals surface area contributed by atoms with Crippen LogP contribution in [0.3, 0.4) is 0 Å². The number of aryl methyl sites for hydroxylation is 1. The zero-order valence-corrected chi connectivity index (χ0v) is 15.9. The molecule has 1 aliphatic rings. The Labute approximate surface area is 156 Å². The summed E-state index contributed by atoms with van der Waals surface area (Å²) in [5, 5.41) is 10.6. The van der Waals surface area contributed by atoms with Gasteiger partial charge in [0.25, 0.3) is 0 Å². The molecule has 3 rings (SSSR count). The van der Waals surface area contributed by atoms with E-state index in [0.717, 1.165) is 29.1 Å². The molecule has 1 N–H and O–H groups in total. The van der Waals surface area contributed by atoms with Crippen LogP contribution in [0.1, 0.15) is 55.7 Å². The van der Waals surface area contributed by atoms with Gasteiger partial charge in [-0.25, -0.2) is 0 Å². The molecular weight excluding hydrogens is 415 g/mol. The van der Waals surface area contributed by atoms with Gasteiger partial charge in [-0.05, 0) is 48.7 Å². The summed E-state index contributed by atoms with van der Waals surface area (Å²) in [5.41, 5.74) is 0.317. The van der Waals surface area contributed by atoms with Crippen molar-refractivity contribution in [2.75, 3.05) is 0 Å². The van der Waals surface area contributed by atoms with Crippen LogP contribution in [0, 0.1) is 0 Å². The van der Waals surface area contributed by atoms with Crippen LogP contribution >= 0.6 is 15.9 Å². The van der Waals surface area contributed by atoms with Crippen LogP contribution < -0.4 is 5.32 Å². The van der Waals surface area contributed by atoms with Gasteiger partial charge in [-0.15, -0.1) is 0 Å². The Morgan fingerprint density at radius 2 is 2.15 bits per heavy atom. The fourth-order valence-corrected chi connectivity index (χ4v) is 3.24. The van der Waals surface area contributed by atoms with Gasteiger partial charge in [-0.1, -0.05) is 0 Å². The van der Waals surface area contributed by atoms with Gasteiger partial charge in [-0.3, -0.25) is 14.2 Å². The fraction of sp³-hybridized carbons (Fsp3) is 0.562. The van der Waals surface area contributed by atoms with Crippen molar-refractivity contribution in [3.63, 3.8) is 0 Å². The van der Waals surface area contributed by atoms with Crippen molar-refractivity contribution >= 4 is 21.8 Å². The van der Waals surface area contributed by atoms with Gasteiger partial charge in [0.1, 0.15) is 6.04 Å². The Morgan fingerprint density at radius 1 is 1.46 bits per heavy atom. The molecule has 142 valence electrons. The number of rotatable bonds is 6. The molecule has 0 radical (unpaired) electrons. The second-order valence-electron chi connectivity index (χ2n) is 6.32. The van der Waals surface area contributed by atoms with Crippen molar-refractivity contribution in [3.05, 3.63) is 33.8 Å². The third-order valence-corrected chi connectivity index (χ3v) is 5.09. The van der Waals surface area contributed by atoms with Crippen LogP contribution in [0.2, 0.25) is 0 Å². The molecule has 1 atom stereocenters. The first-order valence-corrected chi connectivity index (χ1v) is 9.16. The lowest BCUT2D eigenvalue weighted by Gasteiger charge is -2.16. The molecule has 6 nitrogen and oxygen atoms in total. The van der Waals surface area contributed by atoms with Crippen LogP contribution in [0.15, 0.2) is 16.7 Å². The average molecular weight is 434 g/mol. The topological polar surface area (TPSA) is 64.7 Å². The van der Waals surface area contributed by atoms with Crippen LogP contribution in [0.4, 0.5) is 13.2 Å². The number of nitrogens with one attached hydrogen (secondary N) is 1. The number of alkyl halides is 3. The van der Waals surface area contributed by atoms with Gasteiger partial charge in [-0.2, -0.15) is 23.4 Å². The van der Waals surface area contributed by atoms with E-state index in [1.807, 2.05) is 6.92 Å². The Balaban J connectivity index is 1.76. The number of carbonyl (C=O) groups excluding carboxylic acids is 1. The SMILES string of the molecule is CCn1ncc(Br)c1CNC(=O)C(C)n1nc(C(F)(F)F)cc1C1CC1. The van der Waals surface area contributed by atoms with Gasteiger partial charge in [0.15, 0.2) is 5.69 Å². The summed E-state index contributed by atoms with van der Waals surface area (Å²) in [5.74, 6) is -0.344. The number of carbonyl (C=O) groups is 1. The third-order valence-electron chi connectivity index (χ3n) is 4.42. The Hall–Kier alpha value is -1.84. The molecule has 0 aliphatic heterocycles. The predicted octanol–water partition coefficient (Wildman–Crippen LogP) is 3.64. The quantitative estimate of drug-likeness (QED) is 0.756. The number of nitrogens with zero attached hydrogens (tertiary/aromatic N) is 4. The maximum absolute atomic E-state index is 13.0. The Bertz CT molecular complexity index is 809. The minimum Gasteiger partial charge on any atom is -0.349 e. The number of hydrogen-bond acceptors (Lipinski definition) is 3. The Morgan fingerprint density at radius 3 is 2.73 bits per heavy atom. The highest BCUT2D eigenvalue weighted by molar-refractivity contribution is 9.10. The smallest absolute Gasteiger partial charge is 0.349 e. The molecule has 2 aromatic heterocycles. The van der Waals surface area contributed by atoms with Crippen molar-refractivity contribution in [2.45, 2.75) is 57.9 Å². The number of amides is 1. The van der Waals surface area contributed by atoms with Crippen molar-refractivity contribution in [3.8, 4) is 0 Å². The molecule has 2 heterocycles. The van der Waals surface area contributed by atoms with E-state index in [4.69, 9.17) is 0 Å². The van der Waals surface area contributed by atoms with E-state index in [2.05, 4.69) is 31.4 Å². The monoisotopic (exact) mass is 433 g/mol. The first-order valence-electron chi connectivity index (χ1n) is 8.36. The summed E-state index contributed by atoms with van der Waals surface area (Å²) in [6.45, 7) is 4.36. The van der Waals surface area contributed by atoms with Crippen LogP contribution in [0.25, 0.3) is 0 Å². The van der Waals surface area contributed by atoms with E-state index >= 15 is 0 Å². The molecule has 1 saturated carbocycles. The van der Waals surface area contributed by atoms with Gasteiger partial charge >= 0.3 is 6.18 Å². The molecule has 0 spiro atoms. The summed E-state index contributed by atoms with van der Waals surface area (Å²) < 4.78 is 42.7. The van der Waals surface area contributed by atoms with E-state index in [-0.39, 0.29) is 18.4 Å². The molecule has 1 amide bonds. The summed E-state index contributed by atoms with van der Waals surface area (Å²) in [4.78, 5) is 12.5. The Kier molecular flexibility index (Phi) is 5.14. The van der Waals surface area contributed by atoms with E-state index in [0.29, 0.717) is 12.2 Å². The molecule has 0 saturated heterocycles. The first-order chi connectivity index (χ1) is 12.2. The van der Waals surface area contributed by atoms with Gasteiger partial charge in [0.05, 0.1) is 22.9 Å². The minimum absolute atomic E-state index is 0.0458. The van der Waals surface area contributed by atoms with Gasteiger partial charge in [0.2, 0.25) is 5.91 Å². The number of halogens is 4. The highest BCUT2D eigenvalue weighted by Gasteiger charge is 2.39. The zero-order valence-electron chi connectivity index (χ0n) is 14.3. The predicted molar refractivity (Wildman–Crippen MR) is 91.4 cm³/mol. The summed E-state index contributed by atoms with van der Waals surface area (Å²) in [6.07, 6.45) is -1.24. The largest absolute Gasteiger partial charge is 0.435 e. The van der Waals surface area contributed by atoms with Crippen molar-refractivity contribution < 1.29 is 18.0 Å². The van der Waals surface area contributed by atoms with Crippen LogP contribution in [-0.4, -0.2) is 25.5 Å². The van der Waals surface area contributed by atoms with E-state index in [1.54, 1.807) is 17.8 Å². The zero-order chi connectivity index (χ0) is 19.1. The molecule has 2 aromatic rings. The standard InChI is InChI=1S/C16H19BrF3N5O/c1-3-24-13(11(17)7-22-24)8-21-15(26)9(2)25-12(10-4-5-10)6-14(23-25)16(18,19)20/h6-7,9-10H,3-5,8H2,1-2H3,(H,21,26). The van der Waals surface area contributed by atoms with E-state index < -0.39 is 17.9 Å². The highest BCUT2D eigenvalue weighted by Crippen LogP contribution is 2.42. The van der Waals surface area contributed by atoms with Gasteiger partial charge in [0, 0.05) is 18.2 Å². The minimum atomic E-state index is -4.52. The normalized spacial score (nSPS) is 15.9. The van der Waals surface area contributed by atoms with Crippen LogP contribution in [-0.2, 0) is 24.1 Å². The fourth-order valence-electron chi connectivity index (χ4n) is 2.81. The molecule has 26 heavy (non-hydrogen) atoms. The van der Waals surface area contributed by atoms with Crippen molar-refractivity contribution in [1.29, 1.82) is 0 Å². The lowest BCUT2D eigenvalue weighted by molar-refractivity contribution is -0.142. The average Bonchev–Trinajstić information content (AvgIpc) is 3.22. The van der Waals surface area contributed by atoms with Crippen molar-refractivity contribution in [2.24, 2.45) is 0 Å². The molecule has 0 aromatic carbocycles. The molecule has 1 fully saturated rings. The van der Waals surface area contributed by atoms with E-state index in [1.165, 1.54) is 4.68 Å². The second-order valence-corrected chi connectivity index (χ2v) is 7.17. The molecule has 1 aliphatic carbocycles. The summed E-state index contributed by atoms with van der Waals surface area (Å²) in [7, 11) is 0. The molecular formula is C16H19BrF3N5O. The highest BCUT2D eigenvalue weighted by atomic mass is 79.9. The van der Waals surface area contributed by atoms with Crippen LogP contribution in [0.5, 0.6) is 0 Å². The maximum atomic E-state index is 13.0. The molecule has 10 heteroatoms. The number of hydrogen-bond donors (Lipinski definition) is 1. The third kappa shape index (κ3) is 3.79. The van der Waals surface area contributed by atoms with Crippen molar-refractivity contribution in [1.82, 2.24) is 24.9 Å². The lowest BCUT2D eigenvalue weighted by atomic mass is 10.2. The van der Waals surface area contributed by atoms with E-state index in [9.17, 15) is 18.0 Å². The number of aromatic nitrogens is 4. The molecule has 0 bridgehead atoms.